The molecule has 0 aromatic heterocycles. The van der Waals surface area contributed by atoms with Crippen molar-refractivity contribution in [2.75, 3.05) is 31.6 Å². The third kappa shape index (κ3) is 10.3. The molecule has 9 heteroatoms. The molecule has 1 aliphatic rings. The lowest BCUT2D eigenvalue weighted by Crippen LogP contribution is -2.31. The summed E-state index contributed by atoms with van der Waals surface area (Å²) in [4.78, 5) is 2.18. The van der Waals surface area contributed by atoms with Crippen molar-refractivity contribution in [3.63, 3.8) is 0 Å². The number of hydrogen-bond acceptors (Lipinski definition) is 3. The van der Waals surface area contributed by atoms with Gasteiger partial charge in [-0.25, -0.2) is 0 Å². The fourth-order valence-corrected chi connectivity index (χ4v) is 5.48. The average molecular weight is 666 g/mol. The second-order valence-electron chi connectivity index (χ2n) is 10.9. The summed E-state index contributed by atoms with van der Waals surface area (Å²) < 4.78 is 47.0. The number of hydrogen-bond donors (Lipinski definition) is 1. The van der Waals surface area contributed by atoms with Crippen molar-refractivity contribution in [1.29, 1.82) is 0 Å². The van der Waals surface area contributed by atoms with Crippen molar-refractivity contribution >= 4 is 42.1 Å². The molecule has 0 amide bonds. The van der Waals surface area contributed by atoms with Crippen LogP contribution in [0.15, 0.2) is 103 Å². The molecule has 0 atom stereocenters. The molecule has 1 saturated carbocycles. The van der Waals surface area contributed by atoms with E-state index in [1.807, 2.05) is 60.7 Å². The van der Waals surface area contributed by atoms with Crippen LogP contribution in [0.4, 0.5) is 18.9 Å². The summed E-state index contributed by atoms with van der Waals surface area (Å²) in [7, 11) is 0. The Morgan fingerprint density at radius 3 is 2.09 bits per heavy atom. The summed E-state index contributed by atoms with van der Waals surface area (Å²) in [5.41, 5.74) is 3.00. The lowest BCUT2D eigenvalue weighted by Gasteiger charge is -2.29. The first-order chi connectivity index (χ1) is 20.4. The number of nitrogens with zero attached hydrogens (tertiary/aromatic N) is 1. The molecule has 0 radical (unpaired) electrons. The summed E-state index contributed by atoms with van der Waals surface area (Å²) in [5, 5.41) is 3.24. The van der Waals surface area contributed by atoms with E-state index in [9.17, 15) is 13.2 Å². The van der Waals surface area contributed by atoms with Crippen molar-refractivity contribution in [3.05, 3.63) is 130 Å². The minimum Gasteiger partial charge on any atom is -0.493 e. The third-order valence-corrected chi connectivity index (χ3v) is 8.08. The topological polar surface area (TPSA) is 24.5 Å². The molecule has 4 aromatic carbocycles. The van der Waals surface area contributed by atoms with Crippen molar-refractivity contribution in [2.24, 2.45) is 5.92 Å². The molecule has 1 fully saturated rings. The minimum atomic E-state index is -4.51. The second-order valence-corrected chi connectivity index (χ2v) is 11.3. The van der Waals surface area contributed by atoms with Crippen molar-refractivity contribution in [1.82, 2.24) is 4.90 Å². The van der Waals surface area contributed by atoms with Gasteiger partial charge in [-0.05, 0) is 60.1 Å². The molecule has 0 spiro atoms. The van der Waals surface area contributed by atoms with Gasteiger partial charge >= 0.3 is 6.18 Å². The zero-order chi connectivity index (χ0) is 29.4. The highest BCUT2D eigenvalue weighted by Crippen LogP contribution is 2.37. The number of rotatable bonds is 14. The van der Waals surface area contributed by atoms with Crippen LogP contribution >= 0.6 is 36.4 Å². The van der Waals surface area contributed by atoms with Crippen LogP contribution in [0.5, 0.6) is 5.75 Å². The Kier molecular flexibility index (Phi) is 13.7. The first-order valence-electron chi connectivity index (χ1n) is 14.5. The Hall–Kier alpha value is -2.90. The van der Waals surface area contributed by atoms with Gasteiger partial charge in [0.15, 0.2) is 0 Å². The molecule has 0 heterocycles. The number of ether oxygens (including phenoxy) is 1. The maximum Gasteiger partial charge on any atom is 0.417 e. The molecular formula is C35H38Cl3F3N2O. The number of anilines is 1. The smallest absolute Gasteiger partial charge is 0.417 e. The van der Waals surface area contributed by atoms with Gasteiger partial charge in [-0.1, -0.05) is 90.5 Å². The molecule has 236 valence electrons. The van der Waals surface area contributed by atoms with E-state index in [1.54, 1.807) is 6.07 Å². The molecule has 4 aromatic rings. The van der Waals surface area contributed by atoms with Gasteiger partial charge in [0.25, 0.3) is 0 Å². The molecule has 1 N–H and O–H groups in total. The van der Waals surface area contributed by atoms with Gasteiger partial charge < -0.3 is 10.1 Å². The van der Waals surface area contributed by atoms with E-state index in [0.29, 0.717) is 38.2 Å². The van der Waals surface area contributed by atoms with Crippen LogP contribution in [-0.2, 0) is 12.7 Å². The zero-order valence-electron chi connectivity index (χ0n) is 24.3. The van der Waals surface area contributed by atoms with E-state index < -0.39 is 11.7 Å². The van der Waals surface area contributed by atoms with Crippen molar-refractivity contribution in [3.8, 4) is 5.75 Å². The van der Waals surface area contributed by atoms with E-state index in [-0.39, 0.29) is 35.8 Å². The first kappa shape index (κ1) is 35.6. The predicted molar refractivity (Wildman–Crippen MR) is 179 cm³/mol. The molecule has 0 saturated heterocycles. The van der Waals surface area contributed by atoms with Crippen LogP contribution in [0.2, 0.25) is 5.02 Å². The number of alkyl halides is 3. The average Bonchev–Trinajstić information content (AvgIpc) is 3.83. The molecule has 0 aliphatic heterocycles. The van der Waals surface area contributed by atoms with Gasteiger partial charge in [0.05, 0.1) is 17.2 Å². The Balaban J connectivity index is 0.00000264. The summed E-state index contributed by atoms with van der Waals surface area (Å²) in [6.07, 6.45) is -1.22. The van der Waals surface area contributed by atoms with Crippen LogP contribution in [0, 0.1) is 5.92 Å². The van der Waals surface area contributed by atoms with Crippen LogP contribution in [0.3, 0.4) is 0 Å². The minimum absolute atomic E-state index is 0. The van der Waals surface area contributed by atoms with E-state index in [1.165, 1.54) is 18.9 Å². The largest absolute Gasteiger partial charge is 0.493 e. The monoisotopic (exact) mass is 664 g/mol. The summed E-state index contributed by atoms with van der Waals surface area (Å²) in [6.45, 7) is 3.00. The summed E-state index contributed by atoms with van der Waals surface area (Å²) in [5.74, 6) is 1.61. The fourth-order valence-electron chi connectivity index (χ4n) is 5.19. The van der Waals surface area contributed by atoms with Gasteiger partial charge in [0.1, 0.15) is 5.75 Å². The lowest BCUT2D eigenvalue weighted by atomic mass is 9.90. The van der Waals surface area contributed by atoms with Crippen LogP contribution in [0.1, 0.15) is 47.4 Å². The highest BCUT2D eigenvalue weighted by molar-refractivity contribution is 6.32. The first-order valence-corrected chi connectivity index (χ1v) is 14.9. The second kappa shape index (κ2) is 17.0. The molecule has 0 bridgehead atoms. The highest BCUT2D eigenvalue weighted by atomic mass is 35.5. The number of benzene rings is 4. The zero-order valence-corrected chi connectivity index (χ0v) is 26.7. The molecule has 44 heavy (non-hydrogen) atoms. The maximum atomic E-state index is 13.6. The normalized spacial score (nSPS) is 12.9. The van der Waals surface area contributed by atoms with E-state index in [2.05, 4.69) is 34.5 Å². The van der Waals surface area contributed by atoms with Crippen LogP contribution < -0.4 is 10.1 Å². The summed E-state index contributed by atoms with van der Waals surface area (Å²) in [6, 6.07) is 32.6. The quantitative estimate of drug-likeness (QED) is 0.136. The van der Waals surface area contributed by atoms with Crippen molar-refractivity contribution in [2.45, 2.75) is 37.9 Å². The fraction of sp³-hybridized carbons (Fsp3) is 0.314. The van der Waals surface area contributed by atoms with Gasteiger partial charge in [0.2, 0.25) is 0 Å². The Bertz CT molecular complexity index is 1380. The van der Waals surface area contributed by atoms with Crippen LogP contribution in [-0.4, -0.2) is 31.1 Å². The molecule has 1 aliphatic carbocycles. The predicted octanol–water partition coefficient (Wildman–Crippen LogP) is 10.1. The maximum absolute atomic E-state index is 13.6. The standard InChI is InChI=1S/C35H36ClF3N2O.2ClH/c36-34-29(14-7-17-33(34)35(37,38)39)24-41(25-32(27-10-3-1-4-11-27)28-12-5-2-6-13-28)20-9-21-42-31-16-8-15-30(22-31)40-23-26-18-19-26;;/h1-8,10-17,22,26,32,40H,9,18-21,23-25H2;2*1H. The SMILES string of the molecule is Cl.Cl.FC(F)(F)c1cccc(CN(CCCOc2cccc(NCC3CC3)c2)CC(c2ccccc2)c2ccccc2)c1Cl. The Labute approximate surface area is 275 Å². The lowest BCUT2D eigenvalue weighted by molar-refractivity contribution is -0.137. The van der Waals surface area contributed by atoms with Gasteiger partial charge in [-0.15, -0.1) is 24.8 Å². The van der Waals surface area contributed by atoms with E-state index >= 15 is 0 Å². The number of halogens is 6. The Morgan fingerprint density at radius 2 is 1.48 bits per heavy atom. The Morgan fingerprint density at radius 1 is 0.841 bits per heavy atom. The van der Waals surface area contributed by atoms with Gasteiger partial charge in [-0.2, -0.15) is 13.2 Å². The number of nitrogens with one attached hydrogen (secondary N) is 1. The molecular weight excluding hydrogens is 628 g/mol. The highest BCUT2D eigenvalue weighted by Gasteiger charge is 2.34. The summed E-state index contributed by atoms with van der Waals surface area (Å²) >= 11 is 6.34. The van der Waals surface area contributed by atoms with Gasteiger partial charge in [-0.3, -0.25) is 4.90 Å². The third-order valence-electron chi connectivity index (χ3n) is 7.64. The molecule has 3 nitrogen and oxygen atoms in total. The van der Waals surface area contributed by atoms with E-state index in [4.69, 9.17) is 16.3 Å². The van der Waals surface area contributed by atoms with Crippen LogP contribution in [0.25, 0.3) is 0 Å². The van der Waals surface area contributed by atoms with E-state index in [0.717, 1.165) is 41.1 Å². The molecule has 0 unspecified atom stereocenters. The van der Waals surface area contributed by atoms with Gasteiger partial charge in [0, 0.05) is 43.9 Å². The van der Waals surface area contributed by atoms with Crippen molar-refractivity contribution < 1.29 is 17.9 Å². The molecule has 5 rings (SSSR count).